The summed E-state index contributed by atoms with van der Waals surface area (Å²) in [5, 5.41) is 3.50. The first-order chi connectivity index (χ1) is 7.61. The summed E-state index contributed by atoms with van der Waals surface area (Å²) in [6.07, 6.45) is 3.89. The van der Waals surface area contributed by atoms with Crippen molar-refractivity contribution < 1.29 is 0 Å². The number of unbranched alkanes of at least 4 members (excludes halogenated alkanes) is 1. The van der Waals surface area contributed by atoms with Crippen LogP contribution in [0, 0.1) is 5.92 Å². The molecule has 2 heteroatoms. The Morgan fingerprint density at radius 3 is 2.25 bits per heavy atom. The fourth-order valence-electron chi connectivity index (χ4n) is 1.90. The van der Waals surface area contributed by atoms with Gasteiger partial charge in [0.25, 0.3) is 0 Å². The van der Waals surface area contributed by atoms with Gasteiger partial charge in [0, 0.05) is 6.04 Å². The first kappa shape index (κ1) is 15.9. The lowest BCUT2D eigenvalue weighted by Crippen LogP contribution is -2.33. The maximum atomic E-state index is 3.50. The molecule has 0 aromatic carbocycles. The molecule has 2 nitrogen and oxygen atoms in total. The predicted octanol–water partition coefficient (Wildman–Crippen LogP) is 3.13. The van der Waals surface area contributed by atoms with E-state index < -0.39 is 0 Å². The number of hydrogen-bond acceptors (Lipinski definition) is 2. The molecule has 1 N–H and O–H groups in total. The van der Waals surface area contributed by atoms with Crippen LogP contribution in [0.4, 0.5) is 0 Å². The third-order valence-corrected chi connectivity index (χ3v) is 3.22. The molecule has 0 saturated carbocycles. The van der Waals surface area contributed by atoms with Crippen molar-refractivity contribution in [1.29, 1.82) is 0 Å². The van der Waals surface area contributed by atoms with E-state index in [-0.39, 0.29) is 0 Å². The molecule has 0 aromatic rings. The molecule has 0 heterocycles. The van der Waals surface area contributed by atoms with E-state index in [1.54, 1.807) is 0 Å². The van der Waals surface area contributed by atoms with E-state index in [0.717, 1.165) is 18.5 Å². The summed E-state index contributed by atoms with van der Waals surface area (Å²) >= 11 is 0. The second-order valence-electron chi connectivity index (χ2n) is 5.19. The van der Waals surface area contributed by atoms with E-state index in [1.165, 1.54) is 38.9 Å². The van der Waals surface area contributed by atoms with E-state index in [0.29, 0.717) is 0 Å². The Kier molecular flexibility index (Phi) is 10.0. The van der Waals surface area contributed by atoms with Gasteiger partial charge in [-0.05, 0) is 58.3 Å². The molecule has 16 heavy (non-hydrogen) atoms. The van der Waals surface area contributed by atoms with Crippen LogP contribution in [0.3, 0.4) is 0 Å². The molecule has 0 aliphatic rings. The quantitative estimate of drug-likeness (QED) is 0.578. The molecule has 0 bridgehead atoms. The van der Waals surface area contributed by atoms with Gasteiger partial charge in [-0.1, -0.05) is 27.7 Å². The minimum Gasteiger partial charge on any atom is -0.316 e. The van der Waals surface area contributed by atoms with Crippen LogP contribution in [0.1, 0.15) is 53.9 Å². The summed E-state index contributed by atoms with van der Waals surface area (Å²) in [6, 6.07) is 0.744. The predicted molar refractivity (Wildman–Crippen MR) is 73.9 cm³/mol. The molecule has 0 fully saturated rings. The zero-order chi connectivity index (χ0) is 12.4. The van der Waals surface area contributed by atoms with Crippen molar-refractivity contribution in [3.05, 3.63) is 0 Å². The van der Waals surface area contributed by atoms with Gasteiger partial charge in [0.05, 0.1) is 0 Å². The smallest absolute Gasteiger partial charge is 0.00641 e. The minimum absolute atomic E-state index is 0.744. The number of nitrogens with zero attached hydrogens (tertiary/aromatic N) is 1. The zero-order valence-electron chi connectivity index (χ0n) is 12.1. The van der Waals surface area contributed by atoms with Gasteiger partial charge in [-0.15, -0.1) is 0 Å². The molecule has 0 aromatic heterocycles. The van der Waals surface area contributed by atoms with Crippen molar-refractivity contribution in [2.75, 3.05) is 26.2 Å². The topological polar surface area (TPSA) is 15.3 Å². The van der Waals surface area contributed by atoms with Crippen molar-refractivity contribution >= 4 is 0 Å². The summed E-state index contributed by atoms with van der Waals surface area (Å²) in [5.74, 6) is 0.771. The summed E-state index contributed by atoms with van der Waals surface area (Å²) in [6.45, 7) is 16.2. The molecule has 0 radical (unpaired) electrons. The molecule has 1 unspecified atom stereocenters. The van der Waals surface area contributed by atoms with Crippen molar-refractivity contribution in [3.8, 4) is 0 Å². The summed E-state index contributed by atoms with van der Waals surface area (Å²) < 4.78 is 0. The fraction of sp³-hybridized carbons (Fsp3) is 1.00. The van der Waals surface area contributed by atoms with E-state index in [1.807, 2.05) is 0 Å². The fourth-order valence-corrected chi connectivity index (χ4v) is 1.90. The van der Waals surface area contributed by atoms with Gasteiger partial charge in [-0.2, -0.15) is 0 Å². The Bertz CT molecular complexity index is 146. The monoisotopic (exact) mass is 228 g/mol. The van der Waals surface area contributed by atoms with Crippen LogP contribution in [-0.2, 0) is 0 Å². The van der Waals surface area contributed by atoms with Crippen LogP contribution in [-0.4, -0.2) is 37.1 Å². The highest BCUT2D eigenvalue weighted by molar-refractivity contribution is 4.64. The highest BCUT2D eigenvalue weighted by atomic mass is 15.1. The normalized spacial score (nSPS) is 13.7. The molecule has 1 atom stereocenters. The Morgan fingerprint density at radius 1 is 1.06 bits per heavy atom. The summed E-state index contributed by atoms with van der Waals surface area (Å²) in [4.78, 5) is 2.59. The van der Waals surface area contributed by atoms with Crippen LogP contribution in [0.5, 0.6) is 0 Å². The minimum atomic E-state index is 0.744. The van der Waals surface area contributed by atoms with E-state index in [2.05, 4.69) is 44.8 Å². The largest absolute Gasteiger partial charge is 0.316 e. The summed E-state index contributed by atoms with van der Waals surface area (Å²) in [7, 11) is 0. The van der Waals surface area contributed by atoms with Gasteiger partial charge < -0.3 is 10.2 Å². The molecule has 0 amide bonds. The van der Waals surface area contributed by atoms with Crippen LogP contribution < -0.4 is 5.32 Å². The van der Waals surface area contributed by atoms with Crippen LogP contribution in [0.2, 0.25) is 0 Å². The van der Waals surface area contributed by atoms with Gasteiger partial charge in [0.15, 0.2) is 0 Å². The SMILES string of the molecule is CCC(C)N(CC)CCCCNCC(C)C. The third-order valence-electron chi connectivity index (χ3n) is 3.22. The Labute approximate surface area is 103 Å². The maximum absolute atomic E-state index is 3.50. The van der Waals surface area contributed by atoms with Crippen molar-refractivity contribution in [1.82, 2.24) is 10.2 Å². The molecular formula is C14H32N2. The lowest BCUT2D eigenvalue weighted by atomic mass is 10.2. The number of nitrogens with one attached hydrogen (secondary N) is 1. The average molecular weight is 228 g/mol. The van der Waals surface area contributed by atoms with E-state index in [4.69, 9.17) is 0 Å². The lowest BCUT2D eigenvalue weighted by molar-refractivity contribution is 0.210. The molecule has 0 aliphatic heterocycles. The maximum Gasteiger partial charge on any atom is 0.00641 e. The molecule has 0 rings (SSSR count). The highest BCUT2D eigenvalue weighted by Crippen LogP contribution is 2.04. The first-order valence-corrected chi connectivity index (χ1v) is 7.06. The number of rotatable bonds is 10. The van der Waals surface area contributed by atoms with Crippen molar-refractivity contribution in [2.45, 2.75) is 59.9 Å². The van der Waals surface area contributed by atoms with Gasteiger partial charge in [0.1, 0.15) is 0 Å². The van der Waals surface area contributed by atoms with Gasteiger partial charge in [-0.25, -0.2) is 0 Å². The molecule has 0 spiro atoms. The van der Waals surface area contributed by atoms with Crippen LogP contribution in [0.25, 0.3) is 0 Å². The second-order valence-corrected chi connectivity index (χ2v) is 5.19. The van der Waals surface area contributed by atoms with Gasteiger partial charge in [0.2, 0.25) is 0 Å². The first-order valence-electron chi connectivity index (χ1n) is 7.06. The average Bonchev–Trinajstić information content (AvgIpc) is 2.27. The van der Waals surface area contributed by atoms with Crippen LogP contribution >= 0.6 is 0 Å². The van der Waals surface area contributed by atoms with Gasteiger partial charge >= 0.3 is 0 Å². The summed E-state index contributed by atoms with van der Waals surface area (Å²) in [5.41, 5.74) is 0. The van der Waals surface area contributed by atoms with Crippen LogP contribution in [0.15, 0.2) is 0 Å². The van der Waals surface area contributed by atoms with E-state index in [9.17, 15) is 0 Å². The number of hydrogen-bond donors (Lipinski definition) is 1. The van der Waals surface area contributed by atoms with Crippen molar-refractivity contribution in [2.24, 2.45) is 5.92 Å². The second kappa shape index (κ2) is 10.1. The highest BCUT2D eigenvalue weighted by Gasteiger charge is 2.08. The Balaban J connectivity index is 3.41. The standard InChI is InChI=1S/C14H32N2/c1-6-14(5)16(7-2)11-9-8-10-15-12-13(3)4/h13-15H,6-12H2,1-5H3. The molecular weight excluding hydrogens is 196 g/mol. The van der Waals surface area contributed by atoms with Crippen molar-refractivity contribution in [3.63, 3.8) is 0 Å². The molecule has 0 aliphatic carbocycles. The third kappa shape index (κ3) is 8.12. The molecule has 0 saturated heterocycles. The molecule has 98 valence electrons. The zero-order valence-corrected chi connectivity index (χ0v) is 12.1. The Morgan fingerprint density at radius 2 is 1.75 bits per heavy atom. The van der Waals surface area contributed by atoms with Gasteiger partial charge in [-0.3, -0.25) is 0 Å². The Hall–Kier alpha value is -0.0800. The lowest BCUT2D eigenvalue weighted by Gasteiger charge is -2.26. The van der Waals surface area contributed by atoms with E-state index >= 15 is 0 Å².